The van der Waals surface area contributed by atoms with Gasteiger partial charge in [-0.2, -0.15) is 0 Å². The summed E-state index contributed by atoms with van der Waals surface area (Å²) in [6.45, 7) is 1.94. The van der Waals surface area contributed by atoms with Crippen LogP contribution in [0.2, 0.25) is 0 Å². The van der Waals surface area contributed by atoms with Gasteiger partial charge in [0.1, 0.15) is 0 Å². The predicted molar refractivity (Wildman–Crippen MR) is 60.6 cm³/mol. The lowest BCUT2D eigenvalue weighted by Crippen LogP contribution is -2.19. The lowest BCUT2D eigenvalue weighted by molar-refractivity contribution is 0.642. The van der Waals surface area contributed by atoms with Gasteiger partial charge in [-0.15, -0.1) is 0 Å². The lowest BCUT2D eigenvalue weighted by atomic mass is 9.93. The number of para-hydroxylation sites is 1. The molecule has 0 amide bonds. The predicted octanol–water partition coefficient (Wildman–Crippen LogP) is 1.74. The summed E-state index contributed by atoms with van der Waals surface area (Å²) in [4.78, 5) is 0. The molecule has 2 atom stereocenters. The van der Waals surface area contributed by atoms with Crippen LogP contribution in [0.4, 0.5) is 5.69 Å². The number of nitrogens with one attached hydrogen (secondary N) is 1. The molecule has 14 heavy (non-hydrogen) atoms. The molecule has 0 fully saturated rings. The van der Waals surface area contributed by atoms with E-state index in [0.717, 1.165) is 17.7 Å². The molecule has 1 aromatic carbocycles. The monoisotopic (exact) mass is 191 g/mol. The van der Waals surface area contributed by atoms with Crippen LogP contribution in [0.15, 0.2) is 24.3 Å². The van der Waals surface area contributed by atoms with Crippen LogP contribution in [0.25, 0.3) is 0 Å². The SMILES string of the molecule is CC(N)CC(C=N)c1ccccc1N. The van der Waals surface area contributed by atoms with E-state index in [9.17, 15) is 0 Å². The summed E-state index contributed by atoms with van der Waals surface area (Å²) in [5.74, 6) is 0.0381. The molecule has 76 valence electrons. The smallest absolute Gasteiger partial charge is 0.0353 e. The van der Waals surface area contributed by atoms with Gasteiger partial charge in [0.2, 0.25) is 0 Å². The number of rotatable bonds is 4. The summed E-state index contributed by atoms with van der Waals surface area (Å²) >= 11 is 0. The standard InChI is InChI=1S/C11H17N3/c1-8(13)6-9(7-12)10-4-2-3-5-11(10)14/h2-5,7-9,12H,6,13-14H2,1H3. The summed E-state index contributed by atoms with van der Waals surface area (Å²) in [5.41, 5.74) is 13.3. The van der Waals surface area contributed by atoms with Crippen molar-refractivity contribution in [1.82, 2.24) is 0 Å². The van der Waals surface area contributed by atoms with Gasteiger partial charge in [-0.25, -0.2) is 0 Å². The molecule has 1 aromatic rings. The zero-order valence-corrected chi connectivity index (χ0v) is 8.40. The maximum atomic E-state index is 7.35. The lowest BCUT2D eigenvalue weighted by Gasteiger charge is -2.16. The zero-order chi connectivity index (χ0) is 10.6. The van der Waals surface area contributed by atoms with Gasteiger partial charge in [0, 0.05) is 23.9 Å². The Hall–Kier alpha value is -1.35. The van der Waals surface area contributed by atoms with Crippen LogP contribution >= 0.6 is 0 Å². The minimum atomic E-state index is 0.0381. The second-order valence-corrected chi connectivity index (χ2v) is 3.62. The number of benzene rings is 1. The van der Waals surface area contributed by atoms with Gasteiger partial charge in [-0.1, -0.05) is 18.2 Å². The van der Waals surface area contributed by atoms with Crippen molar-refractivity contribution in [2.45, 2.75) is 25.3 Å². The highest BCUT2D eigenvalue weighted by Crippen LogP contribution is 2.23. The molecular formula is C11H17N3. The molecule has 3 nitrogen and oxygen atoms in total. The molecular weight excluding hydrogens is 174 g/mol. The Bertz CT molecular complexity index is 307. The maximum absolute atomic E-state index is 7.35. The van der Waals surface area contributed by atoms with Gasteiger partial charge in [0.15, 0.2) is 0 Å². The second-order valence-electron chi connectivity index (χ2n) is 3.62. The number of nitrogens with two attached hydrogens (primary N) is 2. The highest BCUT2D eigenvalue weighted by molar-refractivity contribution is 5.69. The fourth-order valence-electron chi connectivity index (χ4n) is 1.53. The van der Waals surface area contributed by atoms with E-state index in [1.54, 1.807) is 0 Å². The molecule has 1 rings (SSSR count). The Morgan fingerprint density at radius 1 is 1.43 bits per heavy atom. The van der Waals surface area contributed by atoms with Gasteiger partial charge < -0.3 is 16.9 Å². The van der Waals surface area contributed by atoms with Crippen LogP contribution in [0.3, 0.4) is 0 Å². The van der Waals surface area contributed by atoms with Crippen LogP contribution in [-0.4, -0.2) is 12.3 Å². The quantitative estimate of drug-likeness (QED) is 0.501. The van der Waals surface area contributed by atoms with E-state index in [2.05, 4.69) is 0 Å². The molecule has 3 heteroatoms. The first-order valence-corrected chi connectivity index (χ1v) is 4.75. The summed E-state index contributed by atoms with van der Waals surface area (Å²) in [6.07, 6.45) is 2.17. The third-order valence-corrected chi connectivity index (χ3v) is 2.22. The minimum Gasteiger partial charge on any atom is -0.398 e. The Kier molecular flexibility index (Phi) is 3.65. The van der Waals surface area contributed by atoms with Gasteiger partial charge in [-0.05, 0) is 25.0 Å². The highest BCUT2D eigenvalue weighted by Gasteiger charge is 2.12. The summed E-state index contributed by atoms with van der Waals surface area (Å²) < 4.78 is 0. The van der Waals surface area contributed by atoms with Crippen LogP contribution in [0, 0.1) is 5.41 Å². The summed E-state index contributed by atoms with van der Waals surface area (Å²) in [5, 5.41) is 7.35. The van der Waals surface area contributed by atoms with E-state index in [0.29, 0.717) is 0 Å². The van der Waals surface area contributed by atoms with Crippen molar-refractivity contribution in [2.75, 3.05) is 5.73 Å². The van der Waals surface area contributed by atoms with Gasteiger partial charge in [0.05, 0.1) is 0 Å². The highest BCUT2D eigenvalue weighted by atomic mass is 14.6. The van der Waals surface area contributed by atoms with Crippen LogP contribution in [0.1, 0.15) is 24.8 Å². The topological polar surface area (TPSA) is 75.9 Å². The first-order valence-electron chi connectivity index (χ1n) is 4.75. The zero-order valence-electron chi connectivity index (χ0n) is 8.40. The number of hydrogen-bond acceptors (Lipinski definition) is 3. The normalized spacial score (nSPS) is 14.7. The molecule has 2 unspecified atom stereocenters. The van der Waals surface area contributed by atoms with Crippen molar-refractivity contribution in [3.8, 4) is 0 Å². The number of hydrogen-bond donors (Lipinski definition) is 3. The number of anilines is 1. The van der Waals surface area contributed by atoms with Gasteiger partial charge in [-0.3, -0.25) is 0 Å². The van der Waals surface area contributed by atoms with Gasteiger partial charge >= 0.3 is 0 Å². The van der Waals surface area contributed by atoms with Crippen molar-refractivity contribution in [3.63, 3.8) is 0 Å². The molecule has 0 aliphatic carbocycles. The van der Waals surface area contributed by atoms with E-state index in [4.69, 9.17) is 16.9 Å². The third-order valence-electron chi connectivity index (χ3n) is 2.22. The molecule has 0 aromatic heterocycles. The average Bonchev–Trinajstić information content (AvgIpc) is 2.15. The van der Waals surface area contributed by atoms with Crippen LogP contribution in [0.5, 0.6) is 0 Å². The minimum absolute atomic E-state index is 0.0381. The Labute approximate surface area is 84.6 Å². The van der Waals surface area contributed by atoms with E-state index in [-0.39, 0.29) is 12.0 Å². The van der Waals surface area contributed by atoms with E-state index >= 15 is 0 Å². The Morgan fingerprint density at radius 3 is 2.57 bits per heavy atom. The van der Waals surface area contributed by atoms with Crippen molar-refractivity contribution >= 4 is 11.9 Å². The Morgan fingerprint density at radius 2 is 2.07 bits per heavy atom. The molecule has 0 spiro atoms. The first kappa shape index (κ1) is 10.7. The molecule has 0 saturated carbocycles. The largest absolute Gasteiger partial charge is 0.398 e. The maximum Gasteiger partial charge on any atom is 0.0353 e. The van der Waals surface area contributed by atoms with Crippen molar-refractivity contribution in [2.24, 2.45) is 5.73 Å². The van der Waals surface area contributed by atoms with E-state index < -0.39 is 0 Å². The summed E-state index contributed by atoms with van der Waals surface area (Å²) in [7, 11) is 0. The molecule has 0 radical (unpaired) electrons. The van der Waals surface area contributed by atoms with Crippen LogP contribution in [-0.2, 0) is 0 Å². The van der Waals surface area contributed by atoms with Crippen molar-refractivity contribution in [3.05, 3.63) is 29.8 Å². The van der Waals surface area contributed by atoms with Crippen molar-refractivity contribution < 1.29 is 0 Å². The third kappa shape index (κ3) is 2.57. The van der Waals surface area contributed by atoms with E-state index in [1.165, 1.54) is 6.21 Å². The number of nitrogen functional groups attached to an aromatic ring is 1. The molecule has 0 aliphatic heterocycles. The second kappa shape index (κ2) is 4.77. The molecule has 5 N–H and O–H groups in total. The molecule has 0 aliphatic rings. The first-order chi connectivity index (χ1) is 6.65. The molecule has 0 heterocycles. The fraction of sp³-hybridized carbons (Fsp3) is 0.364. The summed E-state index contributed by atoms with van der Waals surface area (Å²) in [6, 6.07) is 7.72. The Balaban J connectivity index is 2.89. The fourth-order valence-corrected chi connectivity index (χ4v) is 1.53. The molecule has 0 bridgehead atoms. The van der Waals surface area contributed by atoms with E-state index in [1.807, 2.05) is 31.2 Å². The molecule has 0 saturated heterocycles. The average molecular weight is 191 g/mol. The van der Waals surface area contributed by atoms with Crippen LogP contribution < -0.4 is 11.5 Å². The van der Waals surface area contributed by atoms with Crippen molar-refractivity contribution in [1.29, 1.82) is 5.41 Å². The van der Waals surface area contributed by atoms with Gasteiger partial charge in [0.25, 0.3) is 0 Å².